The number of hydrogen-bond donors (Lipinski definition) is 1. The van der Waals surface area contributed by atoms with Crippen LogP contribution in [0.2, 0.25) is 13.3 Å². The van der Waals surface area contributed by atoms with E-state index in [1.165, 1.54) is 51.8 Å². The van der Waals surface area contributed by atoms with Crippen molar-refractivity contribution in [2.75, 3.05) is 13.7 Å². The molecule has 2 aliphatic rings. The van der Waals surface area contributed by atoms with Crippen LogP contribution in [0.3, 0.4) is 0 Å². The van der Waals surface area contributed by atoms with Gasteiger partial charge in [0.15, 0.2) is 0 Å². The Hall–Kier alpha value is 0.599. The van der Waals surface area contributed by atoms with Gasteiger partial charge in [-0.2, -0.15) is 0 Å². The molecule has 0 radical (unpaired) electrons. The molecule has 2 rings (SSSR count). The maximum absolute atomic E-state index is 10.5. The van der Waals surface area contributed by atoms with Gasteiger partial charge in [0.2, 0.25) is 0 Å². The van der Waals surface area contributed by atoms with E-state index in [0.29, 0.717) is 6.61 Å². The second kappa shape index (κ2) is 10.8. The molecule has 0 amide bonds. The molecule has 148 valence electrons. The van der Waals surface area contributed by atoms with E-state index >= 15 is 0 Å². The van der Waals surface area contributed by atoms with Crippen molar-refractivity contribution in [3.8, 4) is 0 Å². The second-order valence-corrected chi connectivity index (χ2v) is 19.4. The standard InChI is InChI=1S/C7H11O5.3C4H9.Sn/c1-10-7-5(9)6-4(8)3(12-7)2-11-6;3*1-3-4-2;/h3-8H,2H2,1H3;3*1,3-4H2,2H3;/q-1;;;;+1/t3-,4+,5-,6+,7+;;;;/m1..../s1. The zero-order chi connectivity index (χ0) is 18.3. The predicted molar refractivity (Wildman–Crippen MR) is 101 cm³/mol. The molecule has 0 aliphatic carbocycles. The number of hydrogen-bond acceptors (Lipinski definition) is 5. The van der Waals surface area contributed by atoms with Gasteiger partial charge in [-0.05, 0) is 0 Å². The van der Waals surface area contributed by atoms with Crippen molar-refractivity contribution in [3.05, 3.63) is 0 Å². The number of rotatable bonds is 12. The van der Waals surface area contributed by atoms with Crippen molar-refractivity contribution in [2.45, 2.75) is 103 Å². The first-order valence-electron chi connectivity index (χ1n) is 10.3. The average molecular weight is 465 g/mol. The molecule has 0 aromatic carbocycles. The SMILES string of the molecule is CCC[CH2][Sn]([CH2]CCC)([CH2]CCC)[O][C@H]1[C@@H](OC)O[C@@H]2CO[C@H]1[C@H]2O. The second-order valence-electron chi connectivity index (χ2n) is 7.64. The van der Waals surface area contributed by atoms with Crippen LogP contribution in [0.5, 0.6) is 0 Å². The third-order valence-corrected chi connectivity index (χ3v) is 18.7. The van der Waals surface area contributed by atoms with E-state index in [1.54, 1.807) is 7.11 Å². The van der Waals surface area contributed by atoms with E-state index in [4.69, 9.17) is 17.3 Å². The summed E-state index contributed by atoms with van der Waals surface area (Å²) in [6, 6.07) is 0. The molecular formula is C19H38O5Sn. The summed E-state index contributed by atoms with van der Waals surface area (Å²) < 4.78 is 28.1. The van der Waals surface area contributed by atoms with Crippen LogP contribution in [0.1, 0.15) is 59.3 Å². The quantitative estimate of drug-likeness (QED) is 0.444. The first-order chi connectivity index (χ1) is 12.1. The van der Waals surface area contributed by atoms with Gasteiger partial charge in [0.05, 0.1) is 0 Å². The number of aliphatic hydroxyl groups excluding tert-OH is 1. The fraction of sp³-hybridized carbons (Fsp3) is 1.00. The molecular weight excluding hydrogens is 427 g/mol. The van der Waals surface area contributed by atoms with E-state index in [9.17, 15) is 5.11 Å². The molecule has 2 fully saturated rings. The third kappa shape index (κ3) is 5.54. The number of aliphatic hydroxyl groups is 1. The van der Waals surface area contributed by atoms with Crippen LogP contribution < -0.4 is 0 Å². The Morgan fingerprint density at radius 2 is 1.56 bits per heavy atom. The molecule has 2 saturated heterocycles. The summed E-state index contributed by atoms with van der Waals surface area (Å²) in [7, 11) is 1.67. The molecule has 1 N–H and O–H groups in total. The Labute approximate surface area is 158 Å². The Bertz CT molecular complexity index is 359. The third-order valence-electron chi connectivity index (χ3n) is 5.65. The summed E-state index contributed by atoms with van der Waals surface area (Å²) >= 11 is -2.82. The molecule has 0 aromatic heterocycles. The van der Waals surface area contributed by atoms with Crippen molar-refractivity contribution in [3.63, 3.8) is 0 Å². The minimum atomic E-state index is -2.82. The minimum absolute atomic E-state index is 0.277. The molecule has 2 aliphatic heterocycles. The van der Waals surface area contributed by atoms with Gasteiger partial charge < -0.3 is 0 Å². The van der Waals surface area contributed by atoms with Gasteiger partial charge in [0.1, 0.15) is 0 Å². The summed E-state index contributed by atoms with van der Waals surface area (Å²) in [6.45, 7) is 7.21. The van der Waals surface area contributed by atoms with Gasteiger partial charge in [-0.25, -0.2) is 0 Å². The maximum atomic E-state index is 10.5. The fourth-order valence-corrected chi connectivity index (χ4v) is 18.1. The van der Waals surface area contributed by atoms with Crippen molar-refractivity contribution in [1.82, 2.24) is 0 Å². The van der Waals surface area contributed by atoms with Crippen molar-refractivity contribution < 1.29 is 22.4 Å². The summed E-state index contributed by atoms with van der Waals surface area (Å²) in [5.74, 6) is 0. The molecule has 0 spiro atoms. The Morgan fingerprint density at radius 1 is 1.00 bits per heavy atom. The van der Waals surface area contributed by atoms with Gasteiger partial charge in [-0.15, -0.1) is 0 Å². The predicted octanol–water partition coefficient (Wildman–Crippen LogP) is 3.85. The van der Waals surface area contributed by atoms with E-state index in [-0.39, 0.29) is 18.3 Å². The average Bonchev–Trinajstić information content (AvgIpc) is 2.88. The molecule has 2 heterocycles. The molecule has 0 aromatic rings. The number of methoxy groups -OCH3 is 1. The number of ether oxygens (including phenoxy) is 3. The van der Waals surface area contributed by atoms with Crippen LogP contribution in [0.15, 0.2) is 0 Å². The van der Waals surface area contributed by atoms with E-state index in [2.05, 4.69) is 20.8 Å². The van der Waals surface area contributed by atoms with E-state index < -0.39 is 31.2 Å². The molecule has 2 bridgehead atoms. The summed E-state index contributed by atoms with van der Waals surface area (Å²) in [4.78, 5) is 0. The summed E-state index contributed by atoms with van der Waals surface area (Å²) in [6.07, 6.45) is 5.48. The Morgan fingerprint density at radius 3 is 2.04 bits per heavy atom. The van der Waals surface area contributed by atoms with Gasteiger partial charge in [-0.3, -0.25) is 0 Å². The van der Waals surface area contributed by atoms with Crippen LogP contribution in [0.4, 0.5) is 0 Å². The van der Waals surface area contributed by atoms with Gasteiger partial charge >= 0.3 is 158 Å². The topological polar surface area (TPSA) is 57.2 Å². The number of fused-ring (bicyclic) bond motifs is 2. The van der Waals surface area contributed by atoms with Gasteiger partial charge in [-0.1, -0.05) is 0 Å². The van der Waals surface area contributed by atoms with Crippen molar-refractivity contribution in [1.29, 1.82) is 0 Å². The molecule has 5 nitrogen and oxygen atoms in total. The molecule has 5 atom stereocenters. The van der Waals surface area contributed by atoms with Gasteiger partial charge in [0.25, 0.3) is 0 Å². The van der Waals surface area contributed by atoms with Crippen LogP contribution >= 0.6 is 0 Å². The molecule has 0 unspecified atom stereocenters. The molecule has 0 saturated carbocycles. The van der Waals surface area contributed by atoms with Crippen molar-refractivity contribution >= 4 is 18.8 Å². The molecule has 25 heavy (non-hydrogen) atoms. The van der Waals surface area contributed by atoms with E-state index in [0.717, 1.165) is 0 Å². The normalized spacial score (nSPS) is 32.3. The van der Waals surface area contributed by atoms with Crippen LogP contribution in [-0.4, -0.2) is 68.3 Å². The Balaban J connectivity index is 2.18. The van der Waals surface area contributed by atoms with Crippen LogP contribution in [-0.2, 0) is 17.3 Å². The van der Waals surface area contributed by atoms with Crippen molar-refractivity contribution in [2.24, 2.45) is 0 Å². The van der Waals surface area contributed by atoms with Crippen LogP contribution in [0.25, 0.3) is 0 Å². The first-order valence-corrected chi connectivity index (χ1v) is 17.5. The zero-order valence-corrected chi connectivity index (χ0v) is 19.4. The fourth-order valence-electron chi connectivity index (χ4n) is 4.08. The zero-order valence-electron chi connectivity index (χ0n) is 16.5. The summed E-state index contributed by atoms with van der Waals surface area (Å²) in [5, 5.41) is 10.5. The Kier molecular flexibility index (Phi) is 9.47. The monoisotopic (exact) mass is 466 g/mol. The number of unbranched alkanes of at least 4 members (excludes halogenated alkanes) is 3. The van der Waals surface area contributed by atoms with Crippen LogP contribution in [0, 0.1) is 0 Å². The van der Waals surface area contributed by atoms with Gasteiger partial charge in [0, 0.05) is 0 Å². The first kappa shape index (κ1) is 21.9. The molecule has 6 heteroatoms. The summed E-state index contributed by atoms with van der Waals surface area (Å²) in [5.41, 5.74) is 0. The van der Waals surface area contributed by atoms with E-state index in [1.807, 2.05) is 0 Å².